The molecule has 0 bridgehead atoms. The predicted octanol–water partition coefficient (Wildman–Crippen LogP) is 2.33. The van der Waals surface area contributed by atoms with Crippen molar-refractivity contribution < 1.29 is 27.4 Å². The van der Waals surface area contributed by atoms with Crippen molar-refractivity contribution >= 4 is 21.7 Å². The van der Waals surface area contributed by atoms with E-state index in [1.165, 1.54) is 31.4 Å². The molecule has 0 unspecified atom stereocenters. The van der Waals surface area contributed by atoms with Gasteiger partial charge in [0, 0.05) is 0 Å². The van der Waals surface area contributed by atoms with Crippen LogP contribution < -0.4 is 9.46 Å². The van der Waals surface area contributed by atoms with Crippen molar-refractivity contribution in [3.05, 3.63) is 53.8 Å². The van der Waals surface area contributed by atoms with Crippen LogP contribution in [-0.2, 0) is 10.0 Å². The van der Waals surface area contributed by atoms with Crippen LogP contribution in [0.3, 0.4) is 0 Å². The maximum absolute atomic E-state index is 13.1. The van der Waals surface area contributed by atoms with Crippen molar-refractivity contribution in [2.45, 2.75) is 4.90 Å². The van der Waals surface area contributed by atoms with Crippen LogP contribution in [0.4, 0.5) is 10.1 Å². The topological polar surface area (TPSA) is 92.7 Å². The third kappa shape index (κ3) is 3.34. The summed E-state index contributed by atoms with van der Waals surface area (Å²) in [5.41, 5.74) is -0.693. The van der Waals surface area contributed by atoms with E-state index in [0.29, 0.717) is 5.75 Å². The summed E-state index contributed by atoms with van der Waals surface area (Å²) in [7, 11) is -2.55. The third-order valence-electron chi connectivity index (χ3n) is 2.83. The van der Waals surface area contributed by atoms with Crippen LogP contribution in [0.1, 0.15) is 10.4 Å². The molecule has 22 heavy (non-hydrogen) atoms. The van der Waals surface area contributed by atoms with E-state index in [4.69, 9.17) is 9.84 Å². The number of rotatable bonds is 5. The van der Waals surface area contributed by atoms with E-state index >= 15 is 0 Å². The molecule has 2 N–H and O–H groups in total. The number of benzene rings is 2. The molecule has 0 fully saturated rings. The fourth-order valence-corrected chi connectivity index (χ4v) is 2.82. The first-order valence-corrected chi connectivity index (χ1v) is 7.51. The minimum atomic E-state index is -4.00. The molecule has 0 spiro atoms. The zero-order valence-electron chi connectivity index (χ0n) is 11.4. The molecule has 2 aromatic rings. The van der Waals surface area contributed by atoms with Crippen LogP contribution in [0, 0.1) is 5.82 Å². The number of halogens is 1. The highest BCUT2D eigenvalue weighted by Gasteiger charge is 2.19. The van der Waals surface area contributed by atoms with E-state index in [9.17, 15) is 17.6 Å². The van der Waals surface area contributed by atoms with Crippen molar-refractivity contribution in [3.8, 4) is 5.75 Å². The van der Waals surface area contributed by atoms with Crippen LogP contribution in [0.25, 0.3) is 0 Å². The molecule has 0 aliphatic carbocycles. The summed E-state index contributed by atoms with van der Waals surface area (Å²) >= 11 is 0. The SMILES string of the molecule is COc1ccc(S(=O)(=O)Nc2ccc(F)cc2C(=O)O)cc1. The minimum Gasteiger partial charge on any atom is -0.497 e. The van der Waals surface area contributed by atoms with Crippen LogP contribution in [0.5, 0.6) is 5.75 Å². The van der Waals surface area contributed by atoms with E-state index in [1.54, 1.807) is 0 Å². The zero-order chi connectivity index (χ0) is 16.3. The summed E-state index contributed by atoms with van der Waals surface area (Å²) in [6, 6.07) is 8.30. The Kier molecular flexibility index (Phi) is 4.32. The minimum absolute atomic E-state index is 0.0750. The normalized spacial score (nSPS) is 11.0. The number of hydrogen-bond donors (Lipinski definition) is 2. The lowest BCUT2D eigenvalue weighted by atomic mass is 10.2. The number of carboxylic acid groups (broad SMARTS) is 1. The van der Waals surface area contributed by atoms with E-state index in [0.717, 1.165) is 18.2 Å². The average molecular weight is 325 g/mol. The Morgan fingerprint density at radius 3 is 2.36 bits per heavy atom. The molecule has 0 atom stereocenters. The Bertz CT molecular complexity index is 802. The molecule has 2 aromatic carbocycles. The van der Waals surface area contributed by atoms with Crippen LogP contribution in [-0.4, -0.2) is 26.6 Å². The molecule has 2 rings (SSSR count). The van der Waals surface area contributed by atoms with Gasteiger partial charge in [0.15, 0.2) is 0 Å². The van der Waals surface area contributed by atoms with E-state index in [-0.39, 0.29) is 10.6 Å². The van der Waals surface area contributed by atoms with Crippen LogP contribution in [0.2, 0.25) is 0 Å². The van der Waals surface area contributed by atoms with Crippen molar-refractivity contribution in [2.24, 2.45) is 0 Å². The van der Waals surface area contributed by atoms with E-state index < -0.39 is 27.4 Å². The summed E-state index contributed by atoms with van der Waals surface area (Å²) in [6.07, 6.45) is 0. The lowest BCUT2D eigenvalue weighted by Gasteiger charge is -2.11. The maximum Gasteiger partial charge on any atom is 0.337 e. The quantitative estimate of drug-likeness (QED) is 0.880. The molecular formula is C14H12FNO5S. The Morgan fingerprint density at radius 2 is 1.82 bits per heavy atom. The van der Waals surface area contributed by atoms with Gasteiger partial charge in [-0.3, -0.25) is 4.72 Å². The fraction of sp³-hybridized carbons (Fsp3) is 0.0714. The maximum atomic E-state index is 13.1. The van der Waals surface area contributed by atoms with Gasteiger partial charge in [-0.2, -0.15) is 0 Å². The summed E-state index contributed by atoms with van der Waals surface area (Å²) in [6.45, 7) is 0. The zero-order valence-corrected chi connectivity index (χ0v) is 12.2. The first-order chi connectivity index (χ1) is 10.3. The highest BCUT2D eigenvalue weighted by molar-refractivity contribution is 7.92. The van der Waals surface area contributed by atoms with Gasteiger partial charge >= 0.3 is 5.97 Å². The Hall–Kier alpha value is -2.61. The molecule has 8 heteroatoms. The second-order valence-corrected chi connectivity index (χ2v) is 5.96. The Morgan fingerprint density at radius 1 is 1.18 bits per heavy atom. The molecule has 0 saturated carbocycles. The van der Waals surface area contributed by atoms with Crippen molar-refractivity contribution in [1.82, 2.24) is 0 Å². The predicted molar refractivity (Wildman–Crippen MR) is 77.2 cm³/mol. The molecule has 0 saturated heterocycles. The standard InChI is InChI=1S/C14H12FNO5S/c1-21-10-3-5-11(6-4-10)22(19,20)16-13-7-2-9(15)8-12(13)14(17)18/h2-8,16H,1H3,(H,17,18). The second kappa shape index (κ2) is 6.02. The van der Waals surface area contributed by atoms with Crippen LogP contribution >= 0.6 is 0 Å². The van der Waals surface area contributed by atoms with Gasteiger partial charge in [0.25, 0.3) is 10.0 Å². The van der Waals surface area contributed by atoms with Gasteiger partial charge in [-0.15, -0.1) is 0 Å². The number of nitrogens with one attached hydrogen (secondary N) is 1. The van der Waals surface area contributed by atoms with Crippen LogP contribution in [0.15, 0.2) is 47.4 Å². The number of aromatic carboxylic acids is 1. The Labute approximate surface area is 126 Å². The number of ether oxygens (including phenoxy) is 1. The largest absolute Gasteiger partial charge is 0.497 e. The number of anilines is 1. The van der Waals surface area contributed by atoms with Gasteiger partial charge in [-0.25, -0.2) is 17.6 Å². The van der Waals surface area contributed by atoms with Crippen molar-refractivity contribution in [1.29, 1.82) is 0 Å². The first kappa shape index (κ1) is 15.8. The van der Waals surface area contributed by atoms with Crippen molar-refractivity contribution in [2.75, 3.05) is 11.8 Å². The monoisotopic (exact) mass is 325 g/mol. The molecule has 116 valence electrons. The Balaban J connectivity index is 2.38. The van der Waals surface area contributed by atoms with Gasteiger partial charge in [0.1, 0.15) is 11.6 Å². The number of sulfonamides is 1. The molecular weight excluding hydrogens is 313 g/mol. The summed E-state index contributed by atoms with van der Waals surface area (Å²) in [5.74, 6) is -1.73. The molecule has 0 radical (unpaired) electrons. The molecule has 0 aliphatic heterocycles. The molecule has 0 heterocycles. The van der Waals surface area contributed by atoms with Crippen molar-refractivity contribution in [3.63, 3.8) is 0 Å². The first-order valence-electron chi connectivity index (χ1n) is 6.03. The molecule has 0 amide bonds. The smallest absolute Gasteiger partial charge is 0.337 e. The van der Waals surface area contributed by atoms with Gasteiger partial charge in [0.2, 0.25) is 0 Å². The average Bonchev–Trinajstić information content (AvgIpc) is 2.48. The summed E-state index contributed by atoms with van der Waals surface area (Å²) in [5, 5.41) is 9.01. The van der Waals surface area contributed by atoms with Gasteiger partial charge in [-0.05, 0) is 42.5 Å². The third-order valence-corrected chi connectivity index (χ3v) is 4.21. The highest BCUT2D eigenvalue weighted by atomic mass is 32.2. The lowest BCUT2D eigenvalue weighted by molar-refractivity contribution is 0.0697. The van der Waals surface area contributed by atoms with Gasteiger partial charge in [0.05, 0.1) is 23.3 Å². The number of methoxy groups -OCH3 is 1. The number of carboxylic acids is 1. The number of carbonyl (C=O) groups is 1. The lowest BCUT2D eigenvalue weighted by Crippen LogP contribution is -2.15. The highest BCUT2D eigenvalue weighted by Crippen LogP contribution is 2.22. The molecule has 0 aromatic heterocycles. The molecule has 6 nitrogen and oxygen atoms in total. The van der Waals surface area contributed by atoms with Gasteiger partial charge < -0.3 is 9.84 Å². The summed E-state index contributed by atoms with van der Waals surface area (Å²) < 4.78 is 44.6. The number of hydrogen-bond acceptors (Lipinski definition) is 4. The second-order valence-electron chi connectivity index (χ2n) is 4.28. The van der Waals surface area contributed by atoms with E-state index in [1.807, 2.05) is 0 Å². The van der Waals surface area contributed by atoms with Gasteiger partial charge in [-0.1, -0.05) is 0 Å². The molecule has 0 aliphatic rings. The fourth-order valence-electron chi connectivity index (χ4n) is 1.74. The van der Waals surface area contributed by atoms with E-state index in [2.05, 4.69) is 4.72 Å². The summed E-state index contributed by atoms with van der Waals surface area (Å²) in [4.78, 5) is 11.0.